The fourth-order valence-corrected chi connectivity index (χ4v) is 1.55. The average Bonchev–Trinajstić information content (AvgIpc) is 2.41. The Bertz CT molecular complexity index is 704. The lowest BCUT2D eigenvalue weighted by Crippen LogP contribution is -2.29. The minimum absolute atomic E-state index is 0.203. The van der Waals surface area contributed by atoms with Crippen molar-refractivity contribution in [2.75, 3.05) is 10.6 Å². The molecule has 2 N–H and O–H groups in total. The van der Waals surface area contributed by atoms with Gasteiger partial charge in [0.15, 0.2) is 0 Å². The van der Waals surface area contributed by atoms with Crippen LogP contribution in [-0.2, 0) is 9.59 Å². The van der Waals surface area contributed by atoms with Crippen molar-refractivity contribution in [1.29, 1.82) is 0 Å². The Labute approximate surface area is 119 Å². The lowest BCUT2D eigenvalue weighted by atomic mass is 10.3. The Kier molecular flexibility index (Phi) is 4.22. The molecule has 2 amide bonds. The molecule has 108 valence electrons. The molecule has 0 fully saturated rings. The SMILES string of the molecule is Cc1ccnc(NC(=O)C(=O)Nc2ccc(F)cc2F)c1. The first-order chi connectivity index (χ1) is 9.95. The maximum Gasteiger partial charge on any atom is 0.315 e. The second-order valence-electron chi connectivity index (χ2n) is 4.25. The quantitative estimate of drug-likeness (QED) is 0.834. The Morgan fingerprint density at radius 2 is 1.76 bits per heavy atom. The number of nitrogens with one attached hydrogen (secondary N) is 2. The number of benzene rings is 1. The molecule has 1 aromatic heterocycles. The largest absolute Gasteiger partial charge is 0.315 e. The van der Waals surface area contributed by atoms with Gasteiger partial charge in [-0.25, -0.2) is 13.8 Å². The normalized spacial score (nSPS) is 10.0. The van der Waals surface area contributed by atoms with E-state index in [4.69, 9.17) is 0 Å². The second-order valence-corrected chi connectivity index (χ2v) is 4.25. The zero-order valence-corrected chi connectivity index (χ0v) is 11.0. The van der Waals surface area contributed by atoms with Crippen LogP contribution in [0.2, 0.25) is 0 Å². The summed E-state index contributed by atoms with van der Waals surface area (Å²) in [7, 11) is 0. The summed E-state index contributed by atoms with van der Waals surface area (Å²) in [6.07, 6.45) is 1.47. The summed E-state index contributed by atoms with van der Waals surface area (Å²) in [6.45, 7) is 1.80. The molecule has 0 spiro atoms. The molecule has 0 aliphatic heterocycles. The molecule has 2 rings (SSSR count). The number of anilines is 2. The average molecular weight is 291 g/mol. The van der Waals surface area contributed by atoms with Crippen LogP contribution in [0, 0.1) is 18.6 Å². The van der Waals surface area contributed by atoms with E-state index in [0.717, 1.165) is 17.7 Å². The standard InChI is InChI=1S/C14H11F2N3O2/c1-8-4-5-17-12(6-8)19-14(21)13(20)18-11-3-2-9(15)7-10(11)16/h2-7H,1H3,(H,18,20)(H,17,19,21). The van der Waals surface area contributed by atoms with Gasteiger partial charge in [-0.3, -0.25) is 9.59 Å². The number of amides is 2. The van der Waals surface area contributed by atoms with Crippen LogP contribution in [0.1, 0.15) is 5.56 Å². The van der Waals surface area contributed by atoms with Crippen LogP contribution in [0.3, 0.4) is 0 Å². The first-order valence-electron chi connectivity index (χ1n) is 5.96. The third-order valence-electron chi connectivity index (χ3n) is 2.54. The number of carbonyl (C=O) groups is 2. The highest BCUT2D eigenvalue weighted by atomic mass is 19.1. The number of nitrogens with zero attached hydrogens (tertiary/aromatic N) is 1. The van der Waals surface area contributed by atoms with E-state index in [2.05, 4.69) is 15.6 Å². The first-order valence-corrected chi connectivity index (χ1v) is 5.96. The number of hydrogen-bond donors (Lipinski definition) is 2. The smallest absolute Gasteiger partial charge is 0.315 e. The van der Waals surface area contributed by atoms with Gasteiger partial charge in [-0.05, 0) is 36.8 Å². The van der Waals surface area contributed by atoms with Crippen LogP contribution in [0.15, 0.2) is 36.5 Å². The van der Waals surface area contributed by atoms with E-state index >= 15 is 0 Å². The van der Waals surface area contributed by atoms with E-state index < -0.39 is 23.4 Å². The predicted molar refractivity (Wildman–Crippen MR) is 72.6 cm³/mol. The highest BCUT2D eigenvalue weighted by Crippen LogP contribution is 2.15. The Hall–Kier alpha value is -2.83. The van der Waals surface area contributed by atoms with Gasteiger partial charge in [-0.15, -0.1) is 0 Å². The molecule has 0 atom stereocenters. The van der Waals surface area contributed by atoms with Crippen LogP contribution in [-0.4, -0.2) is 16.8 Å². The molecular formula is C14H11F2N3O2. The molecule has 5 nitrogen and oxygen atoms in total. The molecule has 0 aliphatic rings. The van der Waals surface area contributed by atoms with E-state index in [1.807, 2.05) is 0 Å². The van der Waals surface area contributed by atoms with Gasteiger partial charge in [0, 0.05) is 12.3 Å². The fraction of sp³-hybridized carbons (Fsp3) is 0.0714. The maximum absolute atomic E-state index is 13.4. The van der Waals surface area contributed by atoms with Gasteiger partial charge >= 0.3 is 11.8 Å². The molecule has 0 radical (unpaired) electrons. The molecule has 0 bridgehead atoms. The van der Waals surface area contributed by atoms with Gasteiger partial charge in [0.05, 0.1) is 5.69 Å². The van der Waals surface area contributed by atoms with Crippen LogP contribution in [0.4, 0.5) is 20.3 Å². The first kappa shape index (κ1) is 14.6. The molecule has 0 unspecified atom stereocenters. The summed E-state index contributed by atoms with van der Waals surface area (Å²) in [5.74, 6) is -3.63. The third-order valence-corrected chi connectivity index (χ3v) is 2.54. The van der Waals surface area contributed by atoms with Gasteiger partial charge in [-0.1, -0.05) is 0 Å². The lowest BCUT2D eigenvalue weighted by Gasteiger charge is -2.07. The molecule has 1 heterocycles. The van der Waals surface area contributed by atoms with Crippen LogP contribution in [0.25, 0.3) is 0 Å². The summed E-state index contributed by atoms with van der Waals surface area (Å²) in [4.78, 5) is 27.1. The van der Waals surface area contributed by atoms with E-state index in [1.54, 1.807) is 19.1 Å². The molecule has 1 aromatic carbocycles. The summed E-state index contributed by atoms with van der Waals surface area (Å²) in [6, 6.07) is 5.91. The van der Waals surface area contributed by atoms with Gasteiger partial charge < -0.3 is 10.6 Å². The number of aryl methyl sites for hydroxylation is 1. The van der Waals surface area contributed by atoms with Gasteiger partial charge in [0.25, 0.3) is 0 Å². The maximum atomic E-state index is 13.4. The van der Waals surface area contributed by atoms with Gasteiger partial charge in [0.2, 0.25) is 0 Å². The van der Waals surface area contributed by atoms with Crippen molar-refractivity contribution in [3.63, 3.8) is 0 Å². The molecule has 0 aliphatic carbocycles. The second kappa shape index (κ2) is 6.08. The highest BCUT2D eigenvalue weighted by Gasteiger charge is 2.16. The van der Waals surface area contributed by atoms with E-state index in [-0.39, 0.29) is 11.5 Å². The highest BCUT2D eigenvalue weighted by molar-refractivity contribution is 6.43. The van der Waals surface area contributed by atoms with E-state index in [1.165, 1.54) is 6.20 Å². The Morgan fingerprint density at radius 1 is 1.05 bits per heavy atom. The van der Waals surface area contributed by atoms with Crippen LogP contribution in [0.5, 0.6) is 0 Å². The number of pyridine rings is 1. The molecule has 0 saturated carbocycles. The summed E-state index contributed by atoms with van der Waals surface area (Å²) in [5.41, 5.74) is 0.569. The van der Waals surface area contributed by atoms with Gasteiger partial charge in [0.1, 0.15) is 17.5 Å². The minimum atomic E-state index is -1.08. The predicted octanol–water partition coefficient (Wildman–Crippen LogP) is 2.25. The van der Waals surface area contributed by atoms with Crippen molar-refractivity contribution < 1.29 is 18.4 Å². The van der Waals surface area contributed by atoms with Crippen LogP contribution >= 0.6 is 0 Å². The molecule has 21 heavy (non-hydrogen) atoms. The number of hydrogen-bond acceptors (Lipinski definition) is 3. The van der Waals surface area contributed by atoms with Crippen molar-refractivity contribution in [3.8, 4) is 0 Å². The monoisotopic (exact) mass is 291 g/mol. The third kappa shape index (κ3) is 3.82. The topological polar surface area (TPSA) is 71.1 Å². The number of rotatable bonds is 2. The molecule has 0 saturated heterocycles. The Balaban J connectivity index is 2.04. The zero-order valence-electron chi connectivity index (χ0n) is 11.0. The lowest BCUT2D eigenvalue weighted by molar-refractivity contribution is -0.133. The Morgan fingerprint density at radius 3 is 2.43 bits per heavy atom. The van der Waals surface area contributed by atoms with Crippen molar-refractivity contribution in [1.82, 2.24) is 4.98 Å². The minimum Gasteiger partial charge on any atom is -0.315 e. The number of halogens is 2. The molecule has 2 aromatic rings. The molecular weight excluding hydrogens is 280 g/mol. The number of carbonyl (C=O) groups excluding carboxylic acids is 2. The van der Waals surface area contributed by atoms with Crippen molar-refractivity contribution in [3.05, 3.63) is 53.7 Å². The summed E-state index contributed by atoms with van der Waals surface area (Å²) in [5, 5.41) is 4.33. The van der Waals surface area contributed by atoms with Crippen LogP contribution < -0.4 is 10.6 Å². The zero-order chi connectivity index (χ0) is 15.4. The summed E-state index contributed by atoms with van der Waals surface area (Å²) < 4.78 is 26.1. The molecule has 7 heteroatoms. The fourth-order valence-electron chi connectivity index (χ4n) is 1.55. The van der Waals surface area contributed by atoms with E-state index in [0.29, 0.717) is 6.07 Å². The number of aromatic nitrogens is 1. The van der Waals surface area contributed by atoms with Crippen molar-refractivity contribution >= 4 is 23.3 Å². The van der Waals surface area contributed by atoms with Crippen molar-refractivity contribution in [2.45, 2.75) is 6.92 Å². The summed E-state index contributed by atoms with van der Waals surface area (Å²) >= 11 is 0. The van der Waals surface area contributed by atoms with Gasteiger partial charge in [-0.2, -0.15) is 0 Å². The van der Waals surface area contributed by atoms with Crippen molar-refractivity contribution in [2.24, 2.45) is 0 Å². The van der Waals surface area contributed by atoms with E-state index in [9.17, 15) is 18.4 Å².